The van der Waals surface area contributed by atoms with Gasteiger partial charge in [-0.1, -0.05) is 26.8 Å². The highest BCUT2D eigenvalue weighted by molar-refractivity contribution is 5.91. The Morgan fingerprint density at radius 1 is 1.29 bits per heavy atom. The average Bonchev–Trinajstić information content (AvgIpc) is 2.47. The van der Waals surface area contributed by atoms with Crippen LogP contribution in [-0.2, 0) is 10.2 Å². The highest BCUT2D eigenvalue weighted by Gasteiger charge is 2.20. The van der Waals surface area contributed by atoms with Crippen LogP contribution >= 0.6 is 0 Å². The monoisotopic (exact) mass is 292 g/mol. The van der Waals surface area contributed by atoms with Crippen LogP contribution in [0.3, 0.4) is 0 Å². The molecule has 1 aliphatic rings. The number of carbonyl (C=O) groups is 1. The second-order valence-corrected chi connectivity index (χ2v) is 6.19. The zero-order chi connectivity index (χ0) is 15.5. The highest BCUT2D eigenvalue weighted by Crippen LogP contribution is 2.31. The summed E-state index contributed by atoms with van der Waals surface area (Å²) in [7, 11) is 1.61. The first kappa shape index (κ1) is 15.6. The van der Waals surface area contributed by atoms with Gasteiger partial charge in [-0.2, -0.15) is 0 Å². The third kappa shape index (κ3) is 3.88. The molecule has 0 aromatic heterocycles. The molecular formula is C16H24N2O3. The first-order valence-corrected chi connectivity index (χ1v) is 7.24. The van der Waals surface area contributed by atoms with Gasteiger partial charge in [-0.15, -0.1) is 0 Å². The van der Waals surface area contributed by atoms with Gasteiger partial charge >= 0.3 is 6.03 Å². The van der Waals surface area contributed by atoms with Crippen molar-refractivity contribution in [2.75, 3.05) is 38.7 Å². The van der Waals surface area contributed by atoms with Crippen molar-refractivity contribution in [3.63, 3.8) is 0 Å². The van der Waals surface area contributed by atoms with E-state index in [0.717, 1.165) is 5.56 Å². The third-order valence-corrected chi connectivity index (χ3v) is 3.61. The lowest BCUT2D eigenvalue weighted by molar-refractivity contribution is 0.0564. The van der Waals surface area contributed by atoms with E-state index in [2.05, 4.69) is 26.1 Å². The number of carbonyl (C=O) groups excluding carboxylic acids is 1. The fourth-order valence-corrected chi connectivity index (χ4v) is 2.23. The number of ether oxygens (including phenoxy) is 2. The summed E-state index contributed by atoms with van der Waals surface area (Å²) in [4.78, 5) is 14.1. The van der Waals surface area contributed by atoms with Crippen LogP contribution in [0.5, 0.6) is 5.75 Å². The number of nitrogens with one attached hydrogen (secondary N) is 1. The molecule has 1 aliphatic heterocycles. The van der Waals surface area contributed by atoms with Gasteiger partial charge in [0.05, 0.1) is 26.0 Å². The average molecular weight is 292 g/mol. The Kier molecular flexibility index (Phi) is 4.73. The smallest absolute Gasteiger partial charge is 0.322 e. The second kappa shape index (κ2) is 6.35. The molecule has 1 aromatic rings. The van der Waals surface area contributed by atoms with Gasteiger partial charge in [-0.3, -0.25) is 0 Å². The quantitative estimate of drug-likeness (QED) is 0.912. The summed E-state index contributed by atoms with van der Waals surface area (Å²) >= 11 is 0. The van der Waals surface area contributed by atoms with Crippen LogP contribution in [0.1, 0.15) is 26.3 Å². The lowest BCUT2D eigenvalue weighted by Crippen LogP contribution is -2.43. The van der Waals surface area contributed by atoms with Crippen molar-refractivity contribution < 1.29 is 14.3 Å². The van der Waals surface area contributed by atoms with Crippen molar-refractivity contribution in [3.05, 3.63) is 23.8 Å². The van der Waals surface area contributed by atoms with Gasteiger partial charge in [0.1, 0.15) is 5.75 Å². The SMILES string of the molecule is COc1ccc(C(C)(C)C)cc1NC(=O)N1CCOCC1. The van der Waals surface area contributed by atoms with Crippen molar-refractivity contribution in [1.82, 2.24) is 4.90 Å². The first-order chi connectivity index (χ1) is 9.91. The molecule has 1 N–H and O–H groups in total. The summed E-state index contributed by atoms with van der Waals surface area (Å²) in [5, 5.41) is 2.95. The number of amides is 2. The van der Waals surface area contributed by atoms with Crippen LogP contribution < -0.4 is 10.1 Å². The van der Waals surface area contributed by atoms with E-state index in [0.29, 0.717) is 37.7 Å². The van der Waals surface area contributed by atoms with Crippen molar-refractivity contribution in [1.29, 1.82) is 0 Å². The molecule has 116 valence electrons. The Hall–Kier alpha value is -1.75. The van der Waals surface area contributed by atoms with E-state index in [1.165, 1.54) is 0 Å². The van der Waals surface area contributed by atoms with Crippen molar-refractivity contribution >= 4 is 11.7 Å². The molecule has 5 nitrogen and oxygen atoms in total. The Labute approximate surface area is 126 Å². The molecule has 2 rings (SSSR count). The predicted molar refractivity (Wildman–Crippen MR) is 83.1 cm³/mol. The molecule has 2 amide bonds. The van der Waals surface area contributed by atoms with Gasteiger partial charge < -0.3 is 19.7 Å². The molecule has 0 bridgehead atoms. The number of urea groups is 1. The minimum atomic E-state index is -0.109. The number of morpholine rings is 1. The normalized spacial score (nSPS) is 15.7. The molecule has 5 heteroatoms. The van der Waals surface area contributed by atoms with E-state index in [1.807, 2.05) is 18.2 Å². The van der Waals surface area contributed by atoms with Crippen molar-refractivity contribution in [2.24, 2.45) is 0 Å². The molecular weight excluding hydrogens is 268 g/mol. The fourth-order valence-electron chi connectivity index (χ4n) is 2.23. The van der Waals surface area contributed by atoms with Crippen LogP contribution in [0.15, 0.2) is 18.2 Å². The van der Waals surface area contributed by atoms with Crippen molar-refractivity contribution in [2.45, 2.75) is 26.2 Å². The first-order valence-electron chi connectivity index (χ1n) is 7.24. The highest BCUT2D eigenvalue weighted by atomic mass is 16.5. The maximum absolute atomic E-state index is 12.3. The van der Waals surface area contributed by atoms with E-state index in [4.69, 9.17) is 9.47 Å². The minimum Gasteiger partial charge on any atom is -0.495 e. The molecule has 1 aromatic carbocycles. The minimum absolute atomic E-state index is 0.0186. The maximum atomic E-state index is 12.3. The topological polar surface area (TPSA) is 50.8 Å². The largest absolute Gasteiger partial charge is 0.495 e. The number of hydrogen-bond acceptors (Lipinski definition) is 3. The summed E-state index contributed by atoms with van der Waals surface area (Å²) in [6.07, 6.45) is 0. The molecule has 21 heavy (non-hydrogen) atoms. The van der Waals surface area contributed by atoms with Gasteiger partial charge in [-0.05, 0) is 23.1 Å². The van der Waals surface area contributed by atoms with Crippen LogP contribution in [0.2, 0.25) is 0 Å². The van der Waals surface area contributed by atoms with Crippen LogP contribution in [-0.4, -0.2) is 44.3 Å². The van der Waals surface area contributed by atoms with E-state index in [9.17, 15) is 4.79 Å². The molecule has 0 saturated carbocycles. The molecule has 0 spiro atoms. The van der Waals surface area contributed by atoms with Crippen LogP contribution in [0.25, 0.3) is 0 Å². The lowest BCUT2D eigenvalue weighted by Gasteiger charge is -2.27. The second-order valence-electron chi connectivity index (χ2n) is 6.19. The Morgan fingerprint density at radius 3 is 2.52 bits per heavy atom. The Balaban J connectivity index is 2.18. The fraction of sp³-hybridized carbons (Fsp3) is 0.562. The van der Waals surface area contributed by atoms with Gasteiger partial charge in [0, 0.05) is 13.1 Å². The summed E-state index contributed by atoms with van der Waals surface area (Å²) in [5.41, 5.74) is 1.88. The van der Waals surface area contributed by atoms with E-state index in [-0.39, 0.29) is 11.4 Å². The van der Waals surface area contributed by atoms with E-state index < -0.39 is 0 Å². The summed E-state index contributed by atoms with van der Waals surface area (Å²) in [6.45, 7) is 8.84. The predicted octanol–water partition coefficient (Wildman–Crippen LogP) is 2.86. The number of rotatable bonds is 2. The standard InChI is InChI=1S/C16H24N2O3/c1-16(2,3)12-5-6-14(20-4)13(11-12)17-15(19)18-7-9-21-10-8-18/h5-6,11H,7-10H2,1-4H3,(H,17,19). The Bertz CT molecular complexity index is 503. The molecule has 1 fully saturated rings. The number of nitrogens with zero attached hydrogens (tertiary/aromatic N) is 1. The van der Waals surface area contributed by atoms with Crippen molar-refractivity contribution in [3.8, 4) is 5.75 Å². The summed E-state index contributed by atoms with van der Waals surface area (Å²) in [6, 6.07) is 5.80. The third-order valence-electron chi connectivity index (χ3n) is 3.61. The van der Waals surface area contributed by atoms with Gasteiger partial charge in [0.2, 0.25) is 0 Å². The number of benzene rings is 1. The lowest BCUT2D eigenvalue weighted by atomic mass is 9.87. The number of hydrogen-bond donors (Lipinski definition) is 1. The van der Waals surface area contributed by atoms with Crippen LogP contribution in [0.4, 0.5) is 10.5 Å². The maximum Gasteiger partial charge on any atom is 0.322 e. The molecule has 0 atom stereocenters. The van der Waals surface area contributed by atoms with Gasteiger partial charge in [-0.25, -0.2) is 4.79 Å². The summed E-state index contributed by atoms with van der Waals surface area (Å²) in [5.74, 6) is 0.671. The van der Waals surface area contributed by atoms with E-state index in [1.54, 1.807) is 12.0 Å². The Morgan fingerprint density at radius 2 is 1.95 bits per heavy atom. The molecule has 0 radical (unpaired) electrons. The van der Waals surface area contributed by atoms with E-state index >= 15 is 0 Å². The van der Waals surface area contributed by atoms with Crippen LogP contribution in [0, 0.1) is 0 Å². The van der Waals surface area contributed by atoms with Gasteiger partial charge in [0.25, 0.3) is 0 Å². The molecule has 1 heterocycles. The molecule has 1 saturated heterocycles. The number of methoxy groups -OCH3 is 1. The summed E-state index contributed by atoms with van der Waals surface area (Å²) < 4.78 is 10.6. The zero-order valence-corrected chi connectivity index (χ0v) is 13.2. The molecule has 0 unspecified atom stereocenters. The molecule has 0 aliphatic carbocycles. The van der Waals surface area contributed by atoms with Gasteiger partial charge in [0.15, 0.2) is 0 Å². The number of anilines is 1. The zero-order valence-electron chi connectivity index (χ0n) is 13.2.